The topological polar surface area (TPSA) is 83.7 Å². The smallest absolute Gasteiger partial charge is 0.250 e. The Labute approximate surface area is 182 Å². The molecule has 4 heterocycles. The van der Waals surface area contributed by atoms with Crippen LogP contribution in [0.5, 0.6) is 0 Å². The zero-order valence-corrected chi connectivity index (χ0v) is 18.7. The monoisotopic (exact) mass is 416 g/mol. The van der Waals surface area contributed by atoms with E-state index in [1.54, 1.807) is 0 Å². The minimum absolute atomic E-state index is 0.0187. The maximum atomic E-state index is 13.5. The van der Waals surface area contributed by atoms with E-state index in [4.69, 9.17) is 0 Å². The zero-order chi connectivity index (χ0) is 22.0. The molecule has 2 aromatic rings. The van der Waals surface area contributed by atoms with Gasteiger partial charge in [-0.2, -0.15) is 15.3 Å². The minimum Gasteiger partial charge on any atom is -0.362 e. The number of nitrogens with zero attached hydrogens (tertiary/aromatic N) is 4. The quantitative estimate of drug-likeness (QED) is 0.797. The number of amides is 1. The van der Waals surface area contributed by atoms with E-state index >= 15 is 0 Å². The van der Waals surface area contributed by atoms with Crippen molar-refractivity contribution in [2.45, 2.75) is 57.7 Å². The van der Waals surface area contributed by atoms with Crippen molar-refractivity contribution in [1.29, 1.82) is 0 Å². The zero-order valence-electron chi connectivity index (χ0n) is 18.7. The Hall–Kier alpha value is -3.22. The van der Waals surface area contributed by atoms with E-state index in [-0.39, 0.29) is 17.6 Å². The van der Waals surface area contributed by atoms with Crippen molar-refractivity contribution in [2.75, 3.05) is 0 Å². The summed E-state index contributed by atoms with van der Waals surface area (Å²) in [4.78, 5) is 13.5. The van der Waals surface area contributed by atoms with Crippen LogP contribution in [0, 0.1) is 6.92 Å². The van der Waals surface area contributed by atoms with Crippen molar-refractivity contribution >= 4 is 5.91 Å². The number of carbonyl (C=O) groups is 1. The van der Waals surface area contributed by atoms with E-state index in [1.165, 1.54) is 0 Å². The van der Waals surface area contributed by atoms with Gasteiger partial charge < -0.3 is 10.6 Å². The Morgan fingerprint density at radius 3 is 2.81 bits per heavy atom. The Morgan fingerprint density at radius 2 is 2.10 bits per heavy atom. The van der Waals surface area contributed by atoms with E-state index in [9.17, 15) is 4.79 Å². The van der Waals surface area contributed by atoms with Gasteiger partial charge in [0.15, 0.2) is 6.17 Å². The van der Waals surface area contributed by atoms with Gasteiger partial charge in [-0.05, 0) is 44.4 Å². The second-order valence-electron chi connectivity index (χ2n) is 9.34. The molecule has 0 spiro atoms. The lowest BCUT2D eigenvalue weighted by Gasteiger charge is -2.48. The predicted octanol–water partition coefficient (Wildman–Crippen LogP) is 3.87. The second kappa shape index (κ2) is 6.64. The molecule has 0 bridgehead atoms. The van der Waals surface area contributed by atoms with Crippen molar-refractivity contribution in [3.8, 4) is 11.1 Å². The summed E-state index contributed by atoms with van der Waals surface area (Å²) in [6.45, 7) is 8.31. The summed E-state index contributed by atoms with van der Waals surface area (Å²) in [6.07, 6.45) is 4.98. The summed E-state index contributed by atoms with van der Waals surface area (Å²) in [7, 11) is 1.95. The number of carbonyl (C=O) groups excluding carboxylic acids is 1. The molecular weight excluding hydrogens is 388 g/mol. The fourth-order valence-corrected chi connectivity index (χ4v) is 5.34. The van der Waals surface area contributed by atoms with Gasteiger partial charge in [0.1, 0.15) is 0 Å². The van der Waals surface area contributed by atoms with Gasteiger partial charge in [0.2, 0.25) is 0 Å². The number of benzene rings is 1. The van der Waals surface area contributed by atoms with Crippen LogP contribution >= 0.6 is 0 Å². The molecule has 5 rings (SSSR count). The molecule has 0 fully saturated rings. The molecule has 7 heteroatoms. The van der Waals surface area contributed by atoms with Crippen LogP contribution in [0.2, 0.25) is 0 Å². The lowest BCUT2D eigenvalue weighted by atomic mass is 9.62. The van der Waals surface area contributed by atoms with Gasteiger partial charge >= 0.3 is 0 Å². The molecular formula is C24H28N6O. The van der Waals surface area contributed by atoms with Crippen molar-refractivity contribution in [2.24, 2.45) is 17.3 Å². The Balaban J connectivity index is 1.74. The first kappa shape index (κ1) is 19.7. The third kappa shape index (κ3) is 2.79. The number of rotatable bonds is 3. The van der Waals surface area contributed by atoms with Crippen molar-refractivity contribution in [3.63, 3.8) is 0 Å². The summed E-state index contributed by atoms with van der Waals surface area (Å²) in [5.74, 6) is -0.0187. The first-order chi connectivity index (χ1) is 14.8. The van der Waals surface area contributed by atoms with Crippen LogP contribution in [0.25, 0.3) is 11.1 Å². The van der Waals surface area contributed by atoms with Crippen LogP contribution in [0.4, 0.5) is 0 Å². The summed E-state index contributed by atoms with van der Waals surface area (Å²) in [5, 5.41) is 19.8. The van der Waals surface area contributed by atoms with Gasteiger partial charge in [-0.15, -0.1) is 0 Å². The fraction of sp³-hybridized carbons (Fsp3) is 0.417. The van der Waals surface area contributed by atoms with Crippen LogP contribution in [-0.2, 0) is 17.3 Å². The summed E-state index contributed by atoms with van der Waals surface area (Å²) < 4.78 is 1.88. The molecule has 0 radical (unpaired) electrons. The molecule has 0 saturated carbocycles. The lowest BCUT2D eigenvalue weighted by Crippen LogP contribution is -2.58. The Bertz CT molecular complexity index is 1180. The number of nitrogens with one attached hydrogen (secondary N) is 2. The van der Waals surface area contributed by atoms with E-state index in [0.29, 0.717) is 0 Å². The average molecular weight is 417 g/mol. The van der Waals surface area contributed by atoms with E-state index < -0.39 is 5.41 Å². The second-order valence-corrected chi connectivity index (χ2v) is 9.34. The maximum Gasteiger partial charge on any atom is 0.250 e. The minimum atomic E-state index is -0.582. The molecule has 3 aliphatic rings. The number of fused-ring (bicyclic) bond motifs is 1. The molecule has 3 aliphatic heterocycles. The molecule has 1 aromatic heterocycles. The van der Waals surface area contributed by atoms with Gasteiger partial charge in [0.05, 0.1) is 23.4 Å². The van der Waals surface area contributed by atoms with Gasteiger partial charge in [0, 0.05) is 41.5 Å². The highest BCUT2D eigenvalue weighted by atomic mass is 16.2. The number of azo groups is 1. The van der Waals surface area contributed by atoms with Gasteiger partial charge in [0.25, 0.3) is 5.91 Å². The number of hydrogen-bond acceptors (Lipinski definition) is 5. The van der Waals surface area contributed by atoms with Crippen LogP contribution < -0.4 is 10.6 Å². The van der Waals surface area contributed by atoms with Crippen molar-refractivity contribution in [3.05, 3.63) is 64.8 Å². The molecule has 2 atom stereocenters. The van der Waals surface area contributed by atoms with Gasteiger partial charge in [-0.1, -0.05) is 25.1 Å². The number of aryl methyl sites for hydroxylation is 1. The standard InChI is InChI=1S/C24H28N6O/c1-6-24(16-9-7-8-15(10-16)17-12-26-30(5)14(17)2)18-13-25-29-21(18)27-19-11-23(3,4)28-22(31)20(19)24/h7-10,12-13,21,27H,6,11H2,1-5H3,(H,28,31)/t21?,24-/m1/s1. The maximum absolute atomic E-state index is 13.5. The summed E-state index contributed by atoms with van der Waals surface area (Å²) >= 11 is 0. The van der Waals surface area contributed by atoms with Crippen LogP contribution in [0.15, 0.2) is 63.7 Å². The van der Waals surface area contributed by atoms with Gasteiger partial charge in [-0.25, -0.2) is 0 Å². The predicted molar refractivity (Wildman–Crippen MR) is 119 cm³/mol. The Morgan fingerprint density at radius 1 is 1.29 bits per heavy atom. The first-order valence-electron chi connectivity index (χ1n) is 10.8. The Kier molecular flexibility index (Phi) is 4.22. The average Bonchev–Trinajstić information content (AvgIpc) is 3.32. The largest absolute Gasteiger partial charge is 0.362 e. The third-order valence-electron chi connectivity index (χ3n) is 6.94. The molecule has 31 heavy (non-hydrogen) atoms. The van der Waals surface area contributed by atoms with Crippen molar-refractivity contribution < 1.29 is 4.79 Å². The molecule has 1 amide bonds. The molecule has 160 valence electrons. The number of aromatic nitrogens is 2. The van der Waals surface area contributed by atoms with E-state index in [1.807, 2.05) is 24.1 Å². The highest BCUT2D eigenvalue weighted by molar-refractivity contribution is 6.00. The molecule has 0 aliphatic carbocycles. The van der Waals surface area contributed by atoms with E-state index in [0.717, 1.165) is 52.1 Å². The summed E-state index contributed by atoms with van der Waals surface area (Å²) in [5.41, 5.74) is 6.29. The fourth-order valence-electron chi connectivity index (χ4n) is 5.34. The highest BCUT2D eigenvalue weighted by Gasteiger charge is 2.53. The normalized spacial score (nSPS) is 26.2. The molecule has 0 saturated heterocycles. The first-order valence-corrected chi connectivity index (χ1v) is 10.8. The molecule has 1 aromatic carbocycles. The highest BCUT2D eigenvalue weighted by Crippen LogP contribution is 2.51. The molecule has 2 N–H and O–H groups in total. The SMILES string of the molecule is CC[C@@]1(c2cccc(-c3cnn(C)c3C)c2)C2=CN=NC2NC2=C1C(=O)NC(C)(C)C2. The number of hydrogen-bond donors (Lipinski definition) is 2. The lowest BCUT2D eigenvalue weighted by molar-refractivity contribution is -0.120. The molecule has 7 nitrogen and oxygen atoms in total. The van der Waals surface area contributed by atoms with Gasteiger partial charge in [-0.3, -0.25) is 9.48 Å². The van der Waals surface area contributed by atoms with Crippen molar-refractivity contribution in [1.82, 2.24) is 20.4 Å². The summed E-state index contributed by atoms with van der Waals surface area (Å²) in [6, 6.07) is 8.50. The third-order valence-corrected chi connectivity index (χ3v) is 6.94. The molecule has 1 unspecified atom stereocenters. The van der Waals surface area contributed by atoms with Crippen LogP contribution in [0.1, 0.15) is 44.9 Å². The van der Waals surface area contributed by atoms with Crippen LogP contribution in [0.3, 0.4) is 0 Å². The van der Waals surface area contributed by atoms with E-state index in [2.05, 4.69) is 77.9 Å². The van der Waals surface area contributed by atoms with Crippen LogP contribution in [-0.4, -0.2) is 27.4 Å².